The van der Waals surface area contributed by atoms with E-state index in [-0.39, 0.29) is 12.3 Å². The molecule has 0 aliphatic carbocycles. The van der Waals surface area contributed by atoms with E-state index < -0.39 is 5.97 Å². The Morgan fingerprint density at radius 1 is 1.08 bits per heavy atom. The van der Waals surface area contributed by atoms with Crippen molar-refractivity contribution in [3.8, 4) is 5.69 Å². The maximum atomic E-state index is 12.2. The maximum absolute atomic E-state index is 12.2. The summed E-state index contributed by atoms with van der Waals surface area (Å²) in [5, 5.41) is 19.5. The van der Waals surface area contributed by atoms with E-state index in [1.54, 1.807) is 4.68 Å². The fourth-order valence-corrected chi connectivity index (χ4v) is 2.57. The van der Waals surface area contributed by atoms with Gasteiger partial charge in [0, 0.05) is 13.0 Å². The van der Waals surface area contributed by atoms with Crippen molar-refractivity contribution in [2.75, 3.05) is 6.54 Å². The molecular weight excluding hydrogens is 320 g/mol. The van der Waals surface area contributed by atoms with E-state index in [1.807, 2.05) is 37.3 Å². The molecule has 134 valence electrons. The van der Waals surface area contributed by atoms with Crippen molar-refractivity contribution in [3.05, 3.63) is 41.7 Å². The number of hydrogen-bond donors (Lipinski definition) is 2. The van der Waals surface area contributed by atoms with Gasteiger partial charge in [0.15, 0.2) is 5.69 Å². The van der Waals surface area contributed by atoms with Crippen LogP contribution in [-0.2, 0) is 4.79 Å². The Morgan fingerprint density at radius 3 is 2.48 bits per heavy atom. The van der Waals surface area contributed by atoms with Crippen LogP contribution < -0.4 is 5.32 Å². The van der Waals surface area contributed by atoms with Gasteiger partial charge in [-0.1, -0.05) is 42.7 Å². The lowest BCUT2D eigenvalue weighted by Crippen LogP contribution is -2.25. The number of amides is 1. The quantitative estimate of drug-likeness (QED) is 0.646. The maximum Gasteiger partial charge on any atom is 0.303 e. The lowest BCUT2D eigenvalue weighted by Gasteiger charge is -2.05. The number of aliphatic carboxylic acids is 1. The second-order valence-electron chi connectivity index (χ2n) is 5.94. The molecule has 2 rings (SSSR count). The van der Waals surface area contributed by atoms with Crippen molar-refractivity contribution in [2.45, 2.75) is 45.4 Å². The van der Waals surface area contributed by atoms with Gasteiger partial charge in [-0.15, -0.1) is 5.10 Å². The molecule has 1 aromatic heterocycles. The molecule has 0 unspecified atom stereocenters. The molecule has 1 heterocycles. The highest BCUT2D eigenvalue weighted by Crippen LogP contribution is 2.11. The van der Waals surface area contributed by atoms with Crippen LogP contribution in [-0.4, -0.2) is 38.5 Å². The average molecular weight is 344 g/mol. The SMILES string of the molecule is Cc1c(C(=O)NCCCCCCCC(=O)O)nnn1-c1ccccc1. The van der Waals surface area contributed by atoms with Crippen LogP contribution in [0.4, 0.5) is 0 Å². The third kappa shape index (κ3) is 5.70. The fourth-order valence-electron chi connectivity index (χ4n) is 2.57. The second kappa shape index (κ2) is 9.56. The highest BCUT2D eigenvalue weighted by molar-refractivity contribution is 5.93. The summed E-state index contributed by atoms with van der Waals surface area (Å²) < 4.78 is 1.65. The highest BCUT2D eigenvalue weighted by Gasteiger charge is 2.16. The lowest BCUT2D eigenvalue weighted by atomic mass is 10.1. The van der Waals surface area contributed by atoms with Gasteiger partial charge in [-0.2, -0.15) is 0 Å². The van der Waals surface area contributed by atoms with E-state index >= 15 is 0 Å². The predicted octanol–water partition coefficient (Wildman–Crippen LogP) is 2.73. The third-order valence-electron chi connectivity index (χ3n) is 3.96. The molecule has 0 bridgehead atoms. The molecule has 0 fully saturated rings. The largest absolute Gasteiger partial charge is 0.481 e. The standard InChI is InChI=1S/C18H24N4O3/c1-14-17(20-21-22(14)15-10-6-5-7-11-15)18(25)19-13-9-4-2-3-8-12-16(23)24/h5-7,10-11H,2-4,8-9,12-13H2,1H3,(H,19,25)(H,23,24). The van der Waals surface area contributed by atoms with Crippen LogP contribution in [0, 0.1) is 6.92 Å². The number of hydrogen-bond acceptors (Lipinski definition) is 4. The number of para-hydroxylation sites is 1. The lowest BCUT2D eigenvalue weighted by molar-refractivity contribution is -0.137. The van der Waals surface area contributed by atoms with Gasteiger partial charge in [0.2, 0.25) is 0 Å². The zero-order valence-corrected chi connectivity index (χ0v) is 14.4. The first kappa shape index (κ1) is 18.6. The summed E-state index contributed by atoms with van der Waals surface area (Å²) in [6.45, 7) is 2.40. The van der Waals surface area contributed by atoms with Crippen LogP contribution >= 0.6 is 0 Å². The summed E-state index contributed by atoms with van der Waals surface area (Å²) in [5.74, 6) is -0.961. The zero-order valence-electron chi connectivity index (χ0n) is 14.4. The Balaban J connectivity index is 1.73. The molecule has 25 heavy (non-hydrogen) atoms. The van der Waals surface area contributed by atoms with E-state index in [0.29, 0.717) is 24.4 Å². The van der Waals surface area contributed by atoms with E-state index in [1.165, 1.54) is 0 Å². The van der Waals surface area contributed by atoms with Gasteiger partial charge < -0.3 is 10.4 Å². The topological polar surface area (TPSA) is 97.1 Å². The molecular formula is C18H24N4O3. The summed E-state index contributed by atoms with van der Waals surface area (Å²) in [4.78, 5) is 22.6. The number of carboxylic acid groups (broad SMARTS) is 1. The predicted molar refractivity (Wildman–Crippen MR) is 93.8 cm³/mol. The molecule has 7 nitrogen and oxygen atoms in total. The van der Waals surface area contributed by atoms with E-state index in [2.05, 4.69) is 15.6 Å². The summed E-state index contributed by atoms with van der Waals surface area (Å²) in [5.41, 5.74) is 1.91. The van der Waals surface area contributed by atoms with E-state index in [0.717, 1.165) is 31.4 Å². The molecule has 1 aromatic carbocycles. The fraction of sp³-hybridized carbons (Fsp3) is 0.444. The molecule has 0 saturated carbocycles. The Morgan fingerprint density at radius 2 is 1.76 bits per heavy atom. The van der Waals surface area contributed by atoms with Gasteiger partial charge >= 0.3 is 5.97 Å². The van der Waals surface area contributed by atoms with E-state index in [4.69, 9.17) is 5.11 Å². The Bertz CT molecular complexity index is 698. The summed E-state index contributed by atoms with van der Waals surface area (Å²) >= 11 is 0. The number of rotatable bonds is 10. The molecule has 0 spiro atoms. The molecule has 1 amide bonds. The molecule has 0 aliphatic rings. The molecule has 0 atom stereocenters. The third-order valence-corrected chi connectivity index (χ3v) is 3.96. The highest BCUT2D eigenvalue weighted by atomic mass is 16.4. The first-order valence-corrected chi connectivity index (χ1v) is 8.57. The summed E-state index contributed by atoms with van der Waals surface area (Å²) in [7, 11) is 0. The number of nitrogens with zero attached hydrogens (tertiary/aromatic N) is 3. The minimum Gasteiger partial charge on any atom is -0.481 e. The van der Waals surface area contributed by atoms with Crippen LogP contribution in [0.5, 0.6) is 0 Å². The van der Waals surface area contributed by atoms with Crippen molar-refractivity contribution in [2.24, 2.45) is 0 Å². The number of carbonyl (C=O) groups is 2. The number of aromatic nitrogens is 3. The average Bonchev–Trinajstić information content (AvgIpc) is 2.99. The van der Waals surface area contributed by atoms with Crippen molar-refractivity contribution < 1.29 is 14.7 Å². The Labute approximate surface area is 147 Å². The summed E-state index contributed by atoms with van der Waals surface area (Å²) in [6.07, 6.45) is 4.66. The van der Waals surface area contributed by atoms with Crippen molar-refractivity contribution in [1.82, 2.24) is 20.3 Å². The van der Waals surface area contributed by atoms with Crippen LogP contribution in [0.25, 0.3) is 5.69 Å². The van der Waals surface area contributed by atoms with Crippen molar-refractivity contribution >= 4 is 11.9 Å². The van der Waals surface area contributed by atoms with Gasteiger partial charge in [0.25, 0.3) is 5.91 Å². The number of benzene rings is 1. The molecule has 0 saturated heterocycles. The van der Waals surface area contributed by atoms with E-state index in [9.17, 15) is 9.59 Å². The molecule has 0 radical (unpaired) electrons. The van der Waals surface area contributed by atoms with Gasteiger partial charge in [-0.25, -0.2) is 4.68 Å². The van der Waals surface area contributed by atoms with Gasteiger partial charge in [-0.05, 0) is 31.9 Å². The van der Waals surface area contributed by atoms with Gasteiger partial charge in [0.05, 0.1) is 11.4 Å². The Kier molecular flexibility index (Phi) is 7.13. The van der Waals surface area contributed by atoms with Crippen LogP contribution in [0.1, 0.15) is 54.7 Å². The summed E-state index contributed by atoms with van der Waals surface area (Å²) in [6, 6.07) is 9.56. The number of carbonyl (C=O) groups excluding carboxylic acids is 1. The van der Waals surface area contributed by atoms with Crippen LogP contribution in [0.15, 0.2) is 30.3 Å². The number of unbranched alkanes of at least 4 members (excludes halogenated alkanes) is 4. The second-order valence-corrected chi connectivity index (χ2v) is 5.94. The van der Waals surface area contributed by atoms with Crippen molar-refractivity contribution in [3.63, 3.8) is 0 Å². The number of nitrogens with one attached hydrogen (secondary N) is 1. The molecule has 7 heteroatoms. The van der Waals surface area contributed by atoms with Crippen molar-refractivity contribution in [1.29, 1.82) is 0 Å². The number of carboxylic acids is 1. The Hall–Kier alpha value is -2.70. The molecule has 0 aliphatic heterocycles. The zero-order chi connectivity index (χ0) is 18.1. The molecule has 2 aromatic rings. The molecule has 2 N–H and O–H groups in total. The first-order valence-electron chi connectivity index (χ1n) is 8.57. The smallest absolute Gasteiger partial charge is 0.303 e. The monoisotopic (exact) mass is 344 g/mol. The normalized spacial score (nSPS) is 10.6. The van der Waals surface area contributed by atoms with Crippen LogP contribution in [0.2, 0.25) is 0 Å². The van der Waals surface area contributed by atoms with Gasteiger partial charge in [-0.3, -0.25) is 9.59 Å². The van der Waals surface area contributed by atoms with Crippen LogP contribution in [0.3, 0.4) is 0 Å². The minimum atomic E-state index is -0.744. The van der Waals surface area contributed by atoms with Gasteiger partial charge in [0.1, 0.15) is 0 Å². The minimum absolute atomic E-state index is 0.217. The first-order chi connectivity index (χ1) is 12.1.